The Kier molecular flexibility index (Phi) is 5.78. The fourth-order valence-corrected chi connectivity index (χ4v) is 2.06. The van der Waals surface area contributed by atoms with E-state index in [4.69, 9.17) is 14.2 Å². The molecule has 0 saturated carbocycles. The largest absolute Gasteiger partial charge is 0.497 e. The molecule has 0 spiro atoms. The number of methoxy groups -OCH3 is 3. The van der Waals surface area contributed by atoms with Gasteiger partial charge >= 0.3 is 11.9 Å². The molecule has 0 aliphatic carbocycles. The first-order valence-corrected chi connectivity index (χ1v) is 7.15. The van der Waals surface area contributed by atoms with Crippen LogP contribution in [0.25, 0.3) is 0 Å². The van der Waals surface area contributed by atoms with Crippen LogP contribution in [0.1, 0.15) is 26.3 Å². The van der Waals surface area contributed by atoms with E-state index in [1.165, 1.54) is 21.3 Å². The average Bonchev–Trinajstić information content (AvgIpc) is 2.65. The first-order valence-electron chi connectivity index (χ1n) is 7.15. The maximum absolute atomic E-state index is 12.3. The number of esters is 2. The van der Waals surface area contributed by atoms with Crippen LogP contribution in [0.5, 0.6) is 11.5 Å². The van der Waals surface area contributed by atoms with Gasteiger partial charge in [0.25, 0.3) is 0 Å². The Morgan fingerprint density at radius 2 is 1.58 bits per heavy atom. The van der Waals surface area contributed by atoms with Gasteiger partial charge in [0.05, 0.1) is 26.9 Å². The Balaban J connectivity index is 2.06. The Hall–Kier alpha value is -3.02. The highest BCUT2D eigenvalue weighted by Crippen LogP contribution is 2.25. The van der Waals surface area contributed by atoms with E-state index < -0.39 is 11.9 Å². The summed E-state index contributed by atoms with van der Waals surface area (Å²) in [6.45, 7) is 0.0701. The van der Waals surface area contributed by atoms with Crippen molar-refractivity contribution < 1.29 is 28.5 Å². The number of hydrogen-bond acceptors (Lipinski definition) is 6. The van der Waals surface area contributed by atoms with Crippen molar-refractivity contribution in [3.05, 3.63) is 59.2 Å². The van der Waals surface area contributed by atoms with Crippen molar-refractivity contribution in [3.8, 4) is 11.5 Å². The van der Waals surface area contributed by atoms with E-state index in [1.54, 1.807) is 42.5 Å². The summed E-state index contributed by atoms with van der Waals surface area (Å²) in [6, 6.07) is 11.5. The quantitative estimate of drug-likeness (QED) is 0.759. The van der Waals surface area contributed by atoms with Crippen LogP contribution in [0.3, 0.4) is 0 Å². The lowest BCUT2D eigenvalue weighted by atomic mass is 10.1. The molecule has 0 N–H and O–H groups in total. The van der Waals surface area contributed by atoms with Crippen molar-refractivity contribution in [2.45, 2.75) is 6.61 Å². The summed E-state index contributed by atoms with van der Waals surface area (Å²) in [7, 11) is 4.31. The van der Waals surface area contributed by atoms with Crippen LogP contribution in [0.15, 0.2) is 42.5 Å². The summed E-state index contributed by atoms with van der Waals surface area (Å²) < 4.78 is 20.2. The highest BCUT2D eigenvalue weighted by Gasteiger charge is 2.15. The van der Waals surface area contributed by atoms with Gasteiger partial charge in [-0.3, -0.25) is 0 Å². The van der Waals surface area contributed by atoms with Gasteiger partial charge in [0.15, 0.2) is 0 Å². The second kappa shape index (κ2) is 8.01. The number of hydrogen-bond donors (Lipinski definition) is 0. The molecule has 0 fully saturated rings. The molecular weight excluding hydrogens is 312 g/mol. The van der Waals surface area contributed by atoms with E-state index in [9.17, 15) is 9.59 Å². The van der Waals surface area contributed by atoms with Crippen molar-refractivity contribution >= 4 is 11.9 Å². The minimum atomic E-state index is -0.525. The normalized spacial score (nSPS) is 9.96. The van der Waals surface area contributed by atoms with Crippen molar-refractivity contribution in [1.29, 1.82) is 0 Å². The molecule has 0 heterocycles. The molecule has 6 heteroatoms. The summed E-state index contributed by atoms with van der Waals surface area (Å²) in [5, 5.41) is 0. The van der Waals surface area contributed by atoms with Gasteiger partial charge in [-0.1, -0.05) is 12.1 Å². The van der Waals surface area contributed by atoms with Gasteiger partial charge in [-0.25, -0.2) is 9.59 Å². The topological polar surface area (TPSA) is 71.1 Å². The molecule has 24 heavy (non-hydrogen) atoms. The third-order valence-corrected chi connectivity index (χ3v) is 3.37. The lowest BCUT2D eigenvalue weighted by Crippen LogP contribution is -2.08. The van der Waals surface area contributed by atoms with Gasteiger partial charge in [0.1, 0.15) is 23.7 Å². The van der Waals surface area contributed by atoms with Gasteiger partial charge in [-0.05, 0) is 35.9 Å². The predicted octanol–water partition coefficient (Wildman–Crippen LogP) is 2.85. The third kappa shape index (κ3) is 4.04. The van der Waals surface area contributed by atoms with Crippen molar-refractivity contribution in [1.82, 2.24) is 0 Å². The zero-order valence-electron chi connectivity index (χ0n) is 13.7. The van der Waals surface area contributed by atoms with Crippen LogP contribution in [-0.4, -0.2) is 33.3 Å². The molecule has 0 bridgehead atoms. The van der Waals surface area contributed by atoms with E-state index in [-0.39, 0.29) is 12.2 Å². The number of benzene rings is 2. The van der Waals surface area contributed by atoms with Crippen LogP contribution in [0, 0.1) is 0 Å². The molecule has 6 nitrogen and oxygen atoms in total. The standard InChI is InChI=1S/C18H18O6/c1-21-14-8-9-16(22-2)15(10-14)18(20)24-11-12-4-6-13(7-5-12)17(19)23-3/h4-10H,11H2,1-3H3. The van der Waals surface area contributed by atoms with E-state index >= 15 is 0 Å². The molecule has 0 radical (unpaired) electrons. The average molecular weight is 330 g/mol. The molecule has 0 saturated heterocycles. The van der Waals surface area contributed by atoms with E-state index in [2.05, 4.69) is 4.74 Å². The minimum absolute atomic E-state index is 0.0701. The van der Waals surface area contributed by atoms with E-state index in [0.717, 1.165) is 5.56 Å². The number of rotatable bonds is 6. The third-order valence-electron chi connectivity index (χ3n) is 3.37. The summed E-state index contributed by atoms with van der Waals surface area (Å²) in [4.78, 5) is 23.6. The second-order valence-corrected chi connectivity index (χ2v) is 4.83. The van der Waals surface area contributed by atoms with Crippen molar-refractivity contribution in [3.63, 3.8) is 0 Å². The molecule has 2 rings (SSSR count). The number of carbonyl (C=O) groups is 2. The molecule has 0 aromatic heterocycles. The van der Waals surface area contributed by atoms with Crippen molar-refractivity contribution in [2.24, 2.45) is 0 Å². The first-order chi connectivity index (χ1) is 11.6. The molecule has 0 unspecified atom stereocenters. The molecule has 0 amide bonds. The molecule has 126 valence electrons. The van der Waals surface area contributed by atoms with Crippen LogP contribution < -0.4 is 9.47 Å². The van der Waals surface area contributed by atoms with Crippen LogP contribution in [0.4, 0.5) is 0 Å². The SMILES string of the molecule is COC(=O)c1ccc(COC(=O)c2cc(OC)ccc2OC)cc1. The van der Waals surface area contributed by atoms with Gasteiger partial charge in [-0.15, -0.1) is 0 Å². The molecular formula is C18H18O6. The van der Waals surface area contributed by atoms with Gasteiger partial charge in [0, 0.05) is 0 Å². The van der Waals surface area contributed by atoms with E-state index in [0.29, 0.717) is 17.1 Å². The second-order valence-electron chi connectivity index (χ2n) is 4.83. The summed E-state index contributed by atoms with van der Waals surface area (Å²) in [5.41, 5.74) is 1.46. The summed E-state index contributed by atoms with van der Waals surface area (Å²) >= 11 is 0. The molecule has 0 atom stereocenters. The zero-order chi connectivity index (χ0) is 17.5. The fraction of sp³-hybridized carbons (Fsp3) is 0.222. The lowest BCUT2D eigenvalue weighted by molar-refractivity contribution is 0.0467. The smallest absolute Gasteiger partial charge is 0.342 e. The molecule has 2 aromatic rings. The molecule has 2 aromatic carbocycles. The number of carbonyl (C=O) groups excluding carboxylic acids is 2. The van der Waals surface area contributed by atoms with Crippen molar-refractivity contribution in [2.75, 3.05) is 21.3 Å². The highest BCUT2D eigenvalue weighted by molar-refractivity contribution is 5.93. The Bertz CT molecular complexity index is 721. The monoisotopic (exact) mass is 330 g/mol. The summed E-state index contributed by atoms with van der Waals surface area (Å²) in [6.07, 6.45) is 0. The maximum Gasteiger partial charge on any atom is 0.342 e. The van der Waals surface area contributed by atoms with Crippen LogP contribution in [-0.2, 0) is 16.1 Å². The zero-order valence-corrected chi connectivity index (χ0v) is 13.7. The van der Waals surface area contributed by atoms with Gasteiger partial charge in [-0.2, -0.15) is 0 Å². The summed E-state index contributed by atoms with van der Waals surface area (Å²) in [5.74, 6) is -0.00511. The van der Waals surface area contributed by atoms with Gasteiger partial charge in [0.2, 0.25) is 0 Å². The highest BCUT2D eigenvalue weighted by atomic mass is 16.5. The maximum atomic E-state index is 12.3. The Morgan fingerprint density at radius 1 is 0.875 bits per heavy atom. The first kappa shape index (κ1) is 17.3. The van der Waals surface area contributed by atoms with Gasteiger partial charge < -0.3 is 18.9 Å². The van der Waals surface area contributed by atoms with E-state index in [1.807, 2.05) is 0 Å². The fourth-order valence-electron chi connectivity index (χ4n) is 2.06. The van der Waals surface area contributed by atoms with Crippen LogP contribution >= 0.6 is 0 Å². The minimum Gasteiger partial charge on any atom is -0.497 e. The Labute approximate surface area is 139 Å². The lowest BCUT2D eigenvalue weighted by Gasteiger charge is -2.10. The molecule has 0 aliphatic heterocycles. The number of ether oxygens (including phenoxy) is 4. The molecule has 0 aliphatic rings. The predicted molar refractivity (Wildman–Crippen MR) is 86.4 cm³/mol. The van der Waals surface area contributed by atoms with Crippen LogP contribution in [0.2, 0.25) is 0 Å². The Morgan fingerprint density at radius 3 is 2.17 bits per heavy atom.